The molecule has 0 saturated carbocycles. The van der Waals surface area contributed by atoms with Gasteiger partial charge in [-0.05, 0) is 70.6 Å². The van der Waals surface area contributed by atoms with Crippen LogP contribution < -0.4 is 0 Å². The quantitative estimate of drug-likeness (QED) is 0.0264. The molecule has 6 heteroatoms. The molecule has 0 aliphatic carbocycles. The lowest BCUT2D eigenvalue weighted by molar-refractivity contribution is -0.167. The second-order valence-electron chi connectivity index (χ2n) is 16.7. The van der Waals surface area contributed by atoms with Crippen LogP contribution in [0.1, 0.15) is 258 Å². The van der Waals surface area contributed by atoms with Crippen molar-refractivity contribution >= 4 is 17.9 Å². The summed E-state index contributed by atoms with van der Waals surface area (Å²) in [6.45, 7) is 6.49. The molecule has 0 fully saturated rings. The number of hydrogen-bond donors (Lipinski definition) is 0. The maximum atomic E-state index is 12.7. The summed E-state index contributed by atoms with van der Waals surface area (Å²) >= 11 is 0. The molecule has 0 aromatic rings. The van der Waals surface area contributed by atoms with E-state index in [2.05, 4.69) is 57.2 Å². The van der Waals surface area contributed by atoms with Crippen molar-refractivity contribution in [2.45, 2.75) is 264 Å². The lowest BCUT2D eigenvalue weighted by Gasteiger charge is -2.18. The summed E-state index contributed by atoms with van der Waals surface area (Å²) in [5, 5.41) is 0. The van der Waals surface area contributed by atoms with Crippen molar-refractivity contribution in [3.8, 4) is 0 Å². The first-order valence-electron chi connectivity index (χ1n) is 25.0. The highest BCUT2D eigenvalue weighted by Gasteiger charge is 2.19. The molecule has 0 radical (unpaired) electrons. The van der Waals surface area contributed by atoms with Gasteiger partial charge in [0.1, 0.15) is 13.2 Å². The minimum atomic E-state index is -0.781. The Kier molecular flexibility index (Phi) is 45.4. The van der Waals surface area contributed by atoms with E-state index in [1.54, 1.807) is 0 Å². The van der Waals surface area contributed by atoms with E-state index in [0.717, 1.165) is 70.6 Å². The summed E-state index contributed by atoms with van der Waals surface area (Å²) < 4.78 is 16.7. The van der Waals surface area contributed by atoms with Crippen LogP contribution >= 0.6 is 0 Å². The molecule has 0 N–H and O–H groups in total. The molecular formula is C52H94O6. The number of ether oxygens (including phenoxy) is 3. The first kappa shape index (κ1) is 55.6. The van der Waals surface area contributed by atoms with Gasteiger partial charge in [0.2, 0.25) is 0 Å². The first-order valence-corrected chi connectivity index (χ1v) is 25.0. The Labute approximate surface area is 359 Å². The number of carbonyl (C=O) groups excluding carboxylic acids is 3. The number of unbranched alkanes of at least 4 members (excludes halogenated alkanes) is 28. The molecule has 0 amide bonds. The van der Waals surface area contributed by atoms with E-state index in [0.29, 0.717) is 19.3 Å². The van der Waals surface area contributed by atoms with Crippen molar-refractivity contribution in [1.82, 2.24) is 0 Å². The predicted molar refractivity (Wildman–Crippen MR) is 247 cm³/mol. The second kappa shape index (κ2) is 47.3. The zero-order valence-corrected chi connectivity index (χ0v) is 38.6. The van der Waals surface area contributed by atoms with E-state index >= 15 is 0 Å². The molecule has 0 aromatic heterocycles. The Morgan fingerprint density at radius 1 is 0.362 bits per heavy atom. The van der Waals surface area contributed by atoms with Gasteiger partial charge in [0.05, 0.1) is 0 Å². The lowest BCUT2D eigenvalue weighted by atomic mass is 10.0. The van der Waals surface area contributed by atoms with E-state index in [9.17, 15) is 14.4 Å². The van der Waals surface area contributed by atoms with E-state index in [1.165, 1.54) is 148 Å². The zero-order valence-electron chi connectivity index (χ0n) is 38.6. The van der Waals surface area contributed by atoms with Gasteiger partial charge in [0.15, 0.2) is 6.10 Å². The van der Waals surface area contributed by atoms with Crippen LogP contribution in [0.5, 0.6) is 0 Å². The van der Waals surface area contributed by atoms with E-state index in [-0.39, 0.29) is 31.1 Å². The van der Waals surface area contributed by atoms with Gasteiger partial charge in [-0.25, -0.2) is 0 Å². The van der Waals surface area contributed by atoms with Crippen molar-refractivity contribution in [3.63, 3.8) is 0 Å². The fourth-order valence-electron chi connectivity index (χ4n) is 7.12. The highest BCUT2D eigenvalue weighted by atomic mass is 16.6. The Morgan fingerprint density at radius 2 is 0.672 bits per heavy atom. The fraction of sp³-hybridized carbons (Fsp3) is 0.827. The van der Waals surface area contributed by atoms with Crippen LogP contribution in [-0.2, 0) is 28.6 Å². The normalized spacial score (nSPS) is 12.3. The van der Waals surface area contributed by atoms with Gasteiger partial charge in [-0.3, -0.25) is 14.4 Å². The SMILES string of the molecule is CC/C=C\C/C=C\CCCCC(=O)OCC(COC(=O)CCCCCCCCC/C=C\CCCCCCCC)OC(=O)CCCCCCCCCCCCCCCC. The van der Waals surface area contributed by atoms with Gasteiger partial charge in [-0.15, -0.1) is 0 Å². The molecule has 338 valence electrons. The van der Waals surface area contributed by atoms with Gasteiger partial charge < -0.3 is 14.2 Å². The van der Waals surface area contributed by atoms with Crippen molar-refractivity contribution in [2.24, 2.45) is 0 Å². The van der Waals surface area contributed by atoms with Gasteiger partial charge in [0, 0.05) is 19.3 Å². The standard InChI is InChI=1S/C52H94O6/c1-4-7-10-13-16-19-21-23-25-26-27-29-30-33-36-39-42-45-51(54)57-48-49(47-56-50(53)44-41-38-35-32-18-15-12-9-6-3)58-52(55)46-43-40-37-34-31-28-24-22-20-17-14-11-8-5-2/h9,12,18,23,25,32,49H,4-8,10-11,13-17,19-22,24,26-31,33-48H2,1-3H3/b12-9-,25-23-,32-18-. The van der Waals surface area contributed by atoms with Gasteiger partial charge in [-0.2, -0.15) is 0 Å². The largest absolute Gasteiger partial charge is 0.462 e. The lowest BCUT2D eigenvalue weighted by Crippen LogP contribution is -2.30. The van der Waals surface area contributed by atoms with E-state index < -0.39 is 6.10 Å². The number of esters is 3. The van der Waals surface area contributed by atoms with Crippen LogP contribution in [0.4, 0.5) is 0 Å². The monoisotopic (exact) mass is 815 g/mol. The number of hydrogen-bond acceptors (Lipinski definition) is 6. The van der Waals surface area contributed by atoms with Crippen LogP contribution in [-0.4, -0.2) is 37.2 Å². The molecule has 0 saturated heterocycles. The number of rotatable bonds is 45. The smallest absolute Gasteiger partial charge is 0.306 e. The Morgan fingerprint density at radius 3 is 1.09 bits per heavy atom. The fourth-order valence-corrected chi connectivity index (χ4v) is 7.12. The van der Waals surface area contributed by atoms with Crippen molar-refractivity contribution in [2.75, 3.05) is 13.2 Å². The molecule has 0 spiro atoms. The summed E-state index contributed by atoms with van der Waals surface area (Å²) in [6, 6.07) is 0. The molecule has 0 heterocycles. The minimum Gasteiger partial charge on any atom is -0.462 e. The Balaban J connectivity index is 4.31. The molecule has 1 atom stereocenters. The molecule has 58 heavy (non-hydrogen) atoms. The molecule has 1 unspecified atom stereocenters. The van der Waals surface area contributed by atoms with Crippen LogP contribution in [0.3, 0.4) is 0 Å². The highest BCUT2D eigenvalue weighted by molar-refractivity contribution is 5.71. The van der Waals surface area contributed by atoms with E-state index in [1.807, 2.05) is 0 Å². The first-order chi connectivity index (χ1) is 28.5. The molecule has 0 rings (SSSR count). The second-order valence-corrected chi connectivity index (χ2v) is 16.7. The third-order valence-corrected chi connectivity index (χ3v) is 10.9. The predicted octanol–water partition coefficient (Wildman–Crippen LogP) is 16.1. The maximum absolute atomic E-state index is 12.7. The van der Waals surface area contributed by atoms with Crippen LogP contribution in [0.2, 0.25) is 0 Å². The Hall–Kier alpha value is -2.37. The van der Waals surface area contributed by atoms with Crippen LogP contribution in [0, 0.1) is 0 Å². The summed E-state index contributed by atoms with van der Waals surface area (Å²) in [4.78, 5) is 37.8. The Bertz CT molecular complexity index is 984. The number of carbonyl (C=O) groups is 3. The van der Waals surface area contributed by atoms with Crippen LogP contribution in [0.25, 0.3) is 0 Å². The average molecular weight is 815 g/mol. The third kappa shape index (κ3) is 44.7. The zero-order chi connectivity index (χ0) is 42.3. The molecular weight excluding hydrogens is 721 g/mol. The van der Waals surface area contributed by atoms with Crippen LogP contribution in [0.15, 0.2) is 36.5 Å². The summed E-state index contributed by atoms with van der Waals surface area (Å²) in [7, 11) is 0. The van der Waals surface area contributed by atoms with Gasteiger partial charge in [-0.1, -0.05) is 205 Å². The molecule has 0 aliphatic heterocycles. The summed E-state index contributed by atoms with van der Waals surface area (Å²) in [5.74, 6) is -0.916. The maximum Gasteiger partial charge on any atom is 0.306 e. The van der Waals surface area contributed by atoms with E-state index in [4.69, 9.17) is 14.2 Å². The topological polar surface area (TPSA) is 78.9 Å². The number of allylic oxidation sites excluding steroid dienone is 6. The summed E-state index contributed by atoms with van der Waals surface area (Å²) in [5.41, 5.74) is 0. The molecule has 0 aliphatic rings. The van der Waals surface area contributed by atoms with Gasteiger partial charge in [0.25, 0.3) is 0 Å². The average Bonchev–Trinajstić information content (AvgIpc) is 3.22. The third-order valence-electron chi connectivity index (χ3n) is 10.9. The molecule has 0 aromatic carbocycles. The molecule has 0 bridgehead atoms. The van der Waals surface area contributed by atoms with Crippen molar-refractivity contribution in [3.05, 3.63) is 36.5 Å². The minimum absolute atomic E-state index is 0.0821. The molecule has 6 nitrogen and oxygen atoms in total. The van der Waals surface area contributed by atoms with Crippen molar-refractivity contribution < 1.29 is 28.6 Å². The van der Waals surface area contributed by atoms with Gasteiger partial charge >= 0.3 is 17.9 Å². The summed E-state index contributed by atoms with van der Waals surface area (Å²) in [6.07, 6.45) is 54.3. The highest BCUT2D eigenvalue weighted by Crippen LogP contribution is 2.15. The van der Waals surface area contributed by atoms with Crippen molar-refractivity contribution in [1.29, 1.82) is 0 Å².